The summed E-state index contributed by atoms with van der Waals surface area (Å²) in [6, 6.07) is 15.6. The van der Waals surface area contributed by atoms with Crippen molar-refractivity contribution >= 4 is 27.8 Å². The standard InChI is InChI=1S/C22H25NO4S2/c1-3-13-28-21-14-20(17-11-9-16(2)10-12-17)23(15-19(21)22(24)25)29(26,27)18-7-5-4-6-8-18/h3-12,19-21H,1,13-15H2,2H3,(H,24,25)/t19-,20+,21-/m1/s1. The highest BCUT2D eigenvalue weighted by Gasteiger charge is 2.45. The highest BCUT2D eigenvalue weighted by atomic mass is 32.2. The summed E-state index contributed by atoms with van der Waals surface area (Å²) >= 11 is 1.52. The van der Waals surface area contributed by atoms with Gasteiger partial charge in [0.05, 0.1) is 16.9 Å². The summed E-state index contributed by atoms with van der Waals surface area (Å²) in [5.41, 5.74) is 1.96. The topological polar surface area (TPSA) is 74.7 Å². The van der Waals surface area contributed by atoms with Crippen molar-refractivity contribution in [1.29, 1.82) is 0 Å². The Kier molecular flexibility index (Phi) is 6.82. The molecule has 0 bridgehead atoms. The summed E-state index contributed by atoms with van der Waals surface area (Å²) in [5, 5.41) is 9.60. The number of sulfonamides is 1. The number of carbonyl (C=O) groups is 1. The minimum atomic E-state index is -3.84. The molecule has 0 amide bonds. The zero-order valence-electron chi connectivity index (χ0n) is 16.3. The zero-order valence-corrected chi connectivity index (χ0v) is 17.9. The van der Waals surface area contributed by atoms with E-state index in [1.165, 1.54) is 16.1 Å². The summed E-state index contributed by atoms with van der Waals surface area (Å²) in [6.07, 6.45) is 2.18. The monoisotopic (exact) mass is 431 g/mol. The van der Waals surface area contributed by atoms with Crippen LogP contribution in [0.25, 0.3) is 0 Å². The molecule has 2 aromatic rings. The van der Waals surface area contributed by atoms with E-state index in [0.717, 1.165) is 11.1 Å². The molecule has 0 spiro atoms. The van der Waals surface area contributed by atoms with Gasteiger partial charge in [0, 0.05) is 17.5 Å². The van der Waals surface area contributed by atoms with Crippen LogP contribution in [0.5, 0.6) is 0 Å². The van der Waals surface area contributed by atoms with Crippen molar-refractivity contribution < 1.29 is 18.3 Å². The van der Waals surface area contributed by atoms with Crippen molar-refractivity contribution in [3.05, 3.63) is 78.4 Å². The van der Waals surface area contributed by atoms with E-state index in [0.29, 0.717) is 12.2 Å². The first-order valence-electron chi connectivity index (χ1n) is 9.43. The average molecular weight is 432 g/mol. The lowest BCUT2D eigenvalue weighted by Crippen LogP contribution is -2.49. The molecule has 1 N–H and O–H groups in total. The van der Waals surface area contributed by atoms with Gasteiger partial charge in [-0.1, -0.05) is 54.1 Å². The van der Waals surface area contributed by atoms with Gasteiger partial charge >= 0.3 is 5.97 Å². The maximum Gasteiger partial charge on any atom is 0.308 e. The van der Waals surface area contributed by atoms with Crippen molar-refractivity contribution in [3.63, 3.8) is 0 Å². The van der Waals surface area contributed by atoms with Crippen LogP contribution in [-0.2, 0) is 14.8 Å². The van der Waals surface area contributed by atoms with E-state index in [4.69, 9.17) is 0 Å². The van der Waals surface area contributed by atoms with E-state index in [9.17, 15) is 18.3 Å². The fourth-order valence-electron chi connectivity index (χ4n) is 3.64. The highest BCUT2D eigenvalue weighted by Crippen LogP contribution is 2.42. The quantitative estimate of drug-likeness (QED) is 0.668. The number of hydrogen-bond acceptors (Lipinski definition) is 4. The molecule has 7 heteroatoms. The second-order valence-corrected chi connectivity index (χ2v) is 10.3. The molecule has 0 radical (unpaired) electrons. The fourth-order valence-corrected chi connectivity index (χ4v) is 6.45. The molecule has 1 saturated heterocycles. The van der Waals surface area contributed by atoms with Crippen molar-refractivity contribution in [1.82, 2.24) is 4.31 Å². The molecule has 154 valence electrons. The van der Waals surface area contributed by atoms with Crippen LogP contribution >= 0.6 is 11.8 Å². The molecule has 0 unspecified atom stereocenters. The van der Waals surface area contributed by atoms with E-state index >= 15 is 0 Å². The third-order valence-electron chi connectivity index (χ3n) is 5.19. The molecule has 3 atom stereocenters. The number of carboxylic acid groups (broad SMARTS) is 1. The second-order valence-electron chi connectivity index (χ2n) is 7.16. The summed E-state index contributed by atoms with van der Waals surface area (Å²) in [6.45, 7) is 5.64. The van der Waals surface area contributed by atoms with Crippen LogP contribution in [0.1, 0.15) is 23.6 Å². The smallest absolute Gasteiger partial charge is 0.308 e. The van der Waals surface area contributed by atoms with Crippen LogP contribution in [0, 0.1) is 12.8 Å². The van der Waals surface area contributed by atoms with Gasteiger partial charge in [-0.05, 0) is 31.0 Å². The Bertz CT molecular complexity index is 958. The number of rotatable bonds is 7. The maximum absolute atomic E-state index is 13.4. The van der Waals surface area contributed by atoms with Gasteiger partial charge < -0.3 is 5.11 Å². The number of carboxylic acids is 1. The minimum absolute atomic E-state index is 0.0556. The predicted octanol–water partition coefficient (Wildman–Crippen LogP) is 4.12. The average Bonchev–Trinajstić information content (AvgIpc) is 2.72. The van der Waals surface area contributed by atoms with Gasteiger partial charge in [-0.3, -0.25) is 4.79 Å². The lowest BCUT2D eigenvalue weighted by atomic mass is 9.90. The molecule has 1 aliphatic heterocycles. The Morgan fingerprint density at radius 1 is 1.21 bits per heavy atom. The van der Waals surface area contributed by atoms with E-state index in [-0.39, 0.29) is 16.7 Å². The Labute approximate surface area is 176 Å². The largest absolute Gasteiger partial charge is 0.481 e. The third-order valence-corrected chi connectivity index (χ3v) is 8.45. The maximum atomic E-state index is 13.4. The van der Waals surface area contributed by atoms with Crippen molar-refractivity contribution in [2.24, 2.45) is 5.92 Å². The molecule has 5 nitrogen and oxygen atoms in total. The van der Waals surface area contributed by atoms with Gasteiger partial charge in [0.1, 0.15) is 0 Å². The van der Waals surface area contributed by atoms with Crippen LogP contribution in [0.15, 0.2) is 72.1 Å². The van der Waals surface area contributed by atoms with E-state index in [1.807, 2.05) is 31.2 Å². The Morgan fingerprint density at radius 3 is 2.45 bits per heavy atom. The second kappa shape index (κ2) is 9.15. The highest BCUT2D eigenvalue weighted by molar-refractivity contribution is 8.00. The van der Waals surface area contributed by atoms with Gasteiger partial charge in [-0.25, -0.2) is 8.42 Å². The Morgan fingerprint density at radius 2 is 1.86 bits per heavy atom. The minimum Gasteiger partial charge on any atom is -0.481 e. The number of nitrogens with zero attached hydrogens (tertiary/aromatic N) is 1. The first kappa shape index (κ1) is 21.6. The van der Waals surface area contributed by atoms with Crippen LogP contribution in [0.2, 0.25) is 0 Å². The first-order valence-corrected chi connectivity index (χ1v) is 11.9. The third kappa shape index (κ3) is 4.74. The van der Waals surface area contributed by atoms with Gasteiger partial charge in [0.2, 0.25) is 10.0 Å². The molecular formula is C22H25NO4S2. The normalized spacial score (nSPS) is 22.9. The Balaban J connectivity index is 2.05. The SMILES string of the molecule is C=CCS[C@@H]1C[C@@H](c2ccc(C)cc2)N(S(=O)(=O)c2ccccc2)C[C@H]1C(=O)O. The fraction of sp³-hybridized carbons (Fsp3) is 0.318. The van der Waals surface area contributed by atoms with E-state index in [1.54, 1.807) is 36.4 Å². The van der Waals surface area contributed by atoms with Gasteiger partial charge in [-0.15, -0.1) is 6.58 Å². The molecule has 3 rings (SSSR count). The molecule has 1 fully saturated rings. The molecule has 0 aromatic heterocycles. The van der Waals surface area contributed by atoms with Gasteiger partial charge in [-0.2, -0.15) is 16.1 Å². The lowest BCUT2D eigenvalue weighted by Gasteiger charge is -2.41. The van der Waals surface area contributed by atoms with Crippen molar-refractivity contribution in [2.75, 3.05) is 12.3 Å². The number of hydrogen-bond donors (Lipinski definition) is 1. The number of aliphatic carboxylic acids is 1. The summed E-state index contributed by atoms with van der Waals surface area (Å²) in [5.74, 6) is -1.12. The summed E-state index contributed by atoms with van der Waals surface area (Å²) < 4.78 is 28.2. The van der Waals surface area contributed by atoms with Crippen LogP contribution < -0.4 is 0 Å². The summed E-state index contributed by atoms with van der Waals surface area (Å²) in [7, 11) is -3.84. The molecule has 29 heavy (non-hydrogen) atoms. The molecule has 1 heterocycles. The van der Waals surface area contributed by atoms with Crippen LogP contribution in [-0.4, -0.2) is 41.3 Å². The zero-order chi connectivity index (χ0) is 21.0. The van der Waals surface area contributed by atoms with E-state index < -0.39 is 28.0 Å². The number of piperidine rings is 1. The molecule has 2 aromatic carbocycles. The molecule has 0 saturated carbocycles. The van der Waals surface area contributed by atoms with Crippen LogP contribution in [0.3, 0.4) is 0 Å². The van der Waals surface area contributed by atoms with Gasteiger partial charge in [0.15, 0.2) is 0 Å². The van der Waals surface area contributed by atoms with Crippen molar-refractivity contribution in [2.45, 2.75) is 29.5 Å². The molecule has 0 aliphatic carbocycles. The molecular weight excluding hydrogens is 406 g/mol. The van der Waals surface area contributed by atoms with Crippen molar-refractivity contribution in [3.8, 4) is 0 Å². The van der Waals surface area contributed by atoms with Crippen LogP contribution in [0.4, 0.5) is 0 Å². The number of thioether (sulfide) groups is 1. The summed E-state index contributed by atoms with van der Waals surface area (Å²) in [4.78, 5) is 12.1. The lowest BCUT2D eigenvalue weighted by molar-refractivity contribution is -0.143. The van der Waals surface area contributed by atoms with E-state index in [2.05, 4.69) is 6.58 Å². The predicted molar refractivity (Wildman–Crippen MR) is 116 cm³/mol. The number of aryl methyl sites for hydroxylation is 1. The van der Waals surface area contributed by atoms with Gasteiger partial charge in [0.25, 0.3) is 0 Å². The molecule has 1 aliphatic rings. The first-order chi connectivity index (χ1) is 13.8. The Hall–Kier alpha value is -2.09. The number of benzene rings is 2.